The van der Waals surface area contributed by atoms with Gasteiger partial charge >= 0.3 is 7.82 Å². The van der Waals surface area contributed by atoms with Gasteiger partial charge in [0, 0.05) is 11.4 Å². The van der Waals surface area contributed by atoms with Gasteiger partial charge in [-0.3, -0.25) is 18.1 Å². The molecule has 5 heterocycles. The van der Waals surface area contributed by atoms with E-state index in [0.717, 1.165) is 12.0 Å². The summed E-state index contributed by atoms with van der Waals surface area (Å²) in [7, 11) is -3.94. The first-order chi connectivity index (χ1) is 20.0. The molecule has 15 heteroatoms. The third-order valence-corrected chi connectivity index (χ3v) is 9.10. The molecule has 42 heavy (non-hydrogen) atoms. The standard InChI is InChI=1S/C27H33ClN5O8P/c1-15(2)8-10-35-24-21-23(31-26(29)32-24)33(14-30-21)25-27(4)22(38-16(3)40-27)20(39-25)13-37-42(34)36-11-9-19(41-42)17-6-5-7-18(28)12-17/h5-7,12,14-15,19-20,22,25H,3,8-11,13H2,1-2,4H3,(H2,29,31,32)/t19-,20+,22+,25?,27+,42+/m0/s1. The molecule has 2 N–H and O–H groups in total. The first-order valence-corrected chi connectivity index (χ1v) is 15.5. The number of phosphoric acid groups is 1. The van der Waals surface area contributed by atoms with Crippen molar-refractivity contribution in [3.63, 3.8) is 0 Å². The number of hydrogen-bond donors (Lipinski definition) is 1. The molecule has 0 amide bonds. The zero-order valence-corrected chi connectivity index (χ0v) is 25.1. The maximum Gasteiger partial charge on any atom is 0.475 e. The fraction of sp³-hybridized carbons (Fsp3) is 0.519. The van der Waals surface area contributed by atoms with Crippen molar-refractivity contribution < 1.29 is 37.1 Å². The number of phosphoric ester groups is 1. The van der Waals surface area contributed by atoms with Crippen LogP contribution in [0.1, 0.15) is 51.5 Å². The lowest BCUT2D eigenvalue weighted by molar-refractivity contribution is -0.105. The number of ether oxygens (including phenoxy) is 4. The van der Waals surface area contributed by atoms with Gasteiger partial charge in [0.05, 0.1) is 32.3 Å². The third-order valence-electron chi connectivity index (χ3n) is 7.39. The minimum absolute atomic E-state index is 0.0235. The van der Waals surface area contributed by atoms with E-state index in [0.29, 0.717) is 35.1 Å². The van der Waals surface area contributed by atoms with E-state index in [-0.39, 0.29) is 31.0 Å². The summed E-state index contributed by atoms with van der Waals surface area (Å²) in [5.41, 5.74) is 6.57. The number of nitrogen functional groups attached to an aromatic ring is 1. The van der Waals surface area contributed by atoms with Crippen LogP contribution in [-0.2, 0) is 32.3 Å². The minimum Gasteiger partial charge on any atom is -0.476 e. The Labute approximate surface area is 247 Å². The van der Waals surface area contributed by atoms with Crippen LogP contribution in [0.2, 0.25) is 5.02 Å². The molecule has 1 unspecified atom stereocenters. The van der Waals surface area contributed by atoms with Crippen LogP contribution in [0, 0.1) is 5.92 Å². The first-order valence-electron chi connectivity index (χ1n) is 13.7. The number of anilines is 1. The lowest BCUT2D eigenvalue weighted by Crippen LogP contribution is -2.42. The van der Waals surface area contributed by atoms with Gasteiger partial charge in [0.15, 0.2) is 29.1 Å². The van der Waals surface area contributed by atoms with Crippen molar-refractivity contribution in [2.24, 2.45) is 5.92 Å². The maximum absolute atomic E-state index is 13.5. The molecule has 3 fully saturated rings. The average molecular weight is 622 g/mol. The van der Waals surface area contributed by atoms with E-state index in [1.165, 1.54) is 0 Å². The molecule has 3 saturated heterocycles. The number of aromatic nitrogens is 4. The van der Waals surface area contributed by atoms with Crippen LogP contribution in [0.15, 0.2) is 43.1 Å². The zero-order chi connectivity index (χ0) is 29.6. The van der Waals surface area contributed by atoms with Crippen molar-refractivity contribution in [1.29, 1.82) is 0 Å². The average Bonchev–Trinajstić information content (AvgIpc) is 3.56. The van der Waals surface area contributed by atoms with Crippen molar-refractivity contribution in [3.05, 3.63) is 53.7 Å². The lowest BCUT2D eigenvalue weighted by atomic mass is 9.96. The molecule has 2 aromatic heterocycles. The third kappa shape index (κ3) is 5.57. The lowest BCUT2D eigenvalue weighted by Gasteiger charge is -2.30. The van der Waals surface area contributed by atoms with Crippen molar-refractivity contribution in [2.75, 3.05) is 25.6 Å². The van der Waals surface area contributed by atoms with Gasteiger partial charge in [0.2, 0.25) is 11.8 Å². The summed E-state index contributed by atoms with van der Waals surface area (Å²) in [6, 6.07) is 7.18. The molecule has 13 nitrogen and oxygen atoms in total. The van der Waals surface area contributed by atoms with E-state index in [4.69, 9.17) is 49.9 Å². The van der Waals surface area contributed by atoms with Gasteiger partial charge in [0.25, 0.3) is 5.95 Å². The molecule has 1 aromatic carbocycles. The number of rotatable bonds is 9. The summed E-state index contributed by atoms with van der Waals surface area (Å²) in [4.78, 5) is 13.2. The molecule has 0 aliphatic carbocycles. The highest BCUT2D eigenvalue weighted by molar-refractivity contribution is 7.48. The second-order valence-electron chi connectivity index (χ2n) is 11.0. The summed E-state index contributed by atoms with van der Waals surface area (Å²) >= 11 is 6.14. The SMILES string of the molecule is C=C1O[C@@H]2[C@@H](CO[P@@]3(=O)OCC[C@@H](c4cccc(Cl)c4)O3)OC(n3cnc4c(OCCC(C)C)nc(N)nc43)[C@]2(C)O1. The Morgan fingerprint density at radius 3 is 2.95 bits per heavy atom. The molecule has 0 bridgehead atoms. The van der Waals surface area contributed by atoms with Gasteiger partial charge in [-0.15, -0.1) is 0 Å². The van der Waals surface area contributed by atoms with E-state index in [1.54, 1.807) is 29.1 Å². The minimum atomic E-state index is -3.94. The number of imidazole rings is 1. The highest BCUT2D eigenvalue weighted by Gasteiger charge is 2.63. The molecule has 3 aromatic rings. The van der Waals surface area contributed by atoms with Gasteiger partial charge in [-0.1, -0.05) is 37.6 Å². The van der Waals surface area contributed by atoms with Gasteiger partial charge in [-0.2, -0.15) is 9.97 Å². The fourth-order valence-corrected chi connectivity index (χ4v) is 6.90. The molecule has 6 rings (SSSR count). The van der Waals surface area contributed by atoms with E-state index >= 15 is 0 Å². The Balaban J connectivity index is 1.22. The number of benzene rings is 1. The van der Waals surface area contributed by atoms with E-state index in [2.05, 4.69) is 35.4 Å². The van der Waals surface area contributed by atoms with Crippen molar-refractivity contribution in [3.8, 4) is 5.88 Å². The summed E-state index contributed by atoms with van der Waals surface area (Å²) in [5, 5.41) is 0.551. The normalized spacial score (nSPS) is 30.8. The predicted molar refractivity (Wildman–Crippen MR) is 152 cm³/mol. The van der Waals surface area contributed by atoms with E-state index in [9.17, 15) is 4.57 Å². The van der Waals surface area contributed by atoms with Gasteiger partial charge in [0.1, 0.15) is 6.10 Å². The van der Waals surface area contributed by atoms with Crippen molar-refractivity contribution in [1.82, 2.24) is 19.5 Å². The van der Waals surface area contributed by atoms with Gasteiger partial charge in [-0.05, 0) is 43.5 Å². The highest BCUT2D eigenvalue weighted by Crippen LogP contribution is 2.58. The monoisotopic (exact) mass is 621 g/mol. The molecular formula is C27H33ClN5O8P. The first kappa shape index (κ1) is 29.2. The second-order valence-corrected chi connectivity index (χ2v) is 13.0. The molecule has 0 saturated carbocycles. The Bertz CT molecular complexity index is 1540. The second kappa shape index (κ2) is 11.3. The number of hydrogen-bond acceptors (Lipinski definition) is 12. The van der Waals surface area contributed by atoms with E-state index in [1.807, 2.05) is 13.0 Å². The van der Waals surface area contributed by atoms with Crippen molar-refractivity contribution >= 4 is 36.5 Å². The molecule has 3 aliphatic heterocycles. The maximum atomic E-state index is 13.5. The predicted octanol–water partition coefficient (Wildman–Crippen LogP) is 5.33. The molecule has 0 spiro atoms. The Hall–Kier alpha value is -2.93. The molecule has 6 atom stereocenters. The van der Waals surface area contributed by atoms with Crippen LogP contribution in [0.3, 0.4) is 0 Å². The Morgan fingerprint density at radius 2 is 2.17 bits per heavy atom. The van der Waals surface area contributed by atoms with Crippen LogP contribution >= 0.6 is 19.4 Å². The van der Waals surface area contributed by atoms with Gasteiger partial charge in [-0.25, -0.2) is 9.55 Å². The van der Waals surface area contributed by atoms with Crippen molar-refractivity contribution in [2.45, 2.75) is 63.8 Å². The number of nitrogens with zero attached hydrogens (tertiary/aromatic N) is 4. The van der Waals surface area contributed by atoms with Crippen LogP contribution in [-0.4, -0.2) is 57.1 Å². The Kier molecular flexibility index (Phi) is 7.84. The summed E-state index contributed by atoms with van der Waals surface area (Å²) in [6.45, 7) is 10.3. The molecule has 226 valence electrons. The molecule has 0 radical (unpaired) electrons. The fourth-order valence-electron chi connectivity index (χ4n) is 5.31. The molecular weight excluding hydrogens is 589 g/mol. The van der Waals surface area contributed by atoms with Crippen LogP contribution < -0.4 is 10.5 Å². The topological polar surface area (TPSA) is 151 Å². The van der Waals surface area contributed by atoms with Gasteiger partial charge < -0.3 is 24.7 Å². The number of fused-ring (bicyclic) bond motifs is 2. The van der Waals surface area contributed by atoms with Crippen LogP contribution in [0.5, 0.6) is 5.88 Å². The number of nitrogens with two attached hydrogens (primary N) is 1. The largest absolute Gasteiger partial charge is 0.476 e. The van der Waals surface area contributed by atoms with Crippen LogP contribution in [0.4, 0.5) is 5.95 Å². The molecule has 3 aliphatic rings. The summed E-state index contributed by atoms with van der Waals surface area (Å²) < 4.78 is 56.5. The quantitative estimate of drug-likeness (QED) is 0.307. The summed E-state index contributed by atoms with van der Waals surface area (Å²) in [6.07, 6.45) is 0.164. The Morgan fingerprint density at radius 1 is 1.33 bits per heavy atom. The summed E-state index contributed by atoms with van der Waals surface area (Å²) in [5.74, 6) is 0.879. The smallest absolute Gasteiger partial charge is 0.475 e. The number of halogens is 1. The van der Waals surface area contributed by atoms with Crippen LogP contribution in [0.25, 0.3) is 11.2 Å². The highest BCUT2D eigenvalue weighted by atomic mass is 35.5. The van der Waals surface area contributed by atoms with E-state index < -0.39 is 38.0 Å². The zero-order valence-electron chi connectivity index (χ0n) is 23.5.